The van der Waals surface area contributed by atoms with Crippen LogP contribution in [-0.2, 0) is 12.8 Å². The van der Waals surface area contributed by atoms with Crippen LogP contribution in [0.5, 0.6) is 0 Å². The molecule has 2 aromatic heterocycles. The molecule has 0 radical (unpaired) electrons. The van der Waals surface area contributed by atoms with Gasteiger partial charge in [-0.1, -0.05) is 0 Å². The molecule has 0 aliphatic heterocycles. The Balaban J connectivity index is 1.70. The number of aryl methyl sites for hydroxylation is 3. The van der Waals surface area contributed by atoms with Crippen LogP contribution in [0.15, 0.2) is 24.5 Å². The molecule has 1 N–H and O–H groups in total. The summed E-state index contributed by atoms with van der Waals surface area (Å²) in [7, 11) is 0. The summed E-state index contributed by atoms with van der Waals surface area (Å²) in [6.45, 7) is 8.60. The number of aromatic nitrogens is 2. The van der Waals surface area contributed by atoms with Crippen LogP contribution in [0.3, 0.4) is 0 Å². The molecule has 130 valence electrons. The minimum absolute atomic E-state index is 0.947. The Labute approximate surface area is 152 Å². The van der Waals surface area contributed by atoms with Gasteiger partial charge in [-0.05, 0) is 69.4 Å². The fourth-order valence-electron chi connectivity index (χ4n) is 3.72. The first-order valence-corrected chi connectivity index (χ1v) is 9.90. The zero-order valence-corrected chi connectivity index (χ0v) is 15.9. The average molecular weight is 353 g/mol. The minimum Gasteiger partial charge on any atom is -0.372 e. The van der Waals surface area contributed by atoms with E-state index < -0.39 is 0 Å². The third-order valence-electron chi connectivity index (χ3n) is 5.09. The van der Waals surface area contributed by atoms with E-state index in [2.05, 4.69) is 59.2 Å². The first kappa shape index (κ1) is 16.3. The SMILES string of the molecule is CCN(CC)c1ccc(Nc2ncnc3sc4c(c23)CCC4)c(C)c1. The molecule has 3 aromatic rings. The summed E-state index contributed by atoms with van der Waals surface area (Å²) in [6.07, 6.45) is 5.27. The second kappa shape index (κ2) is 6.64. The number of fused-ring (bicyclic) bond motifs is 3. The van der Waals surface area contributed by atoms with E-state index in [1.54, 1.807) is 6.33 Å². The largest absolute Gasteiger partial charge is 0.372 e. The fourth-order valence-corrected chi connectivity index (χ4v) is 4.95. The van der Waals surface area contributed by atoms with Gasteiger partial charge in [-0.2, -0.15) is 0 Å². The number of nitrogens with zero attached hydrogens (tertiary/aromatic N) is 3. The molecule has 0 atom stereocenters. The third kappa shape index (κ3) is 2.86. The number of hydrogen-bond acceptors (Lipinski definition) is 5. The minimum atomic E-state index is 0.947. The van der Waals surface area contributed by atoms with Gasteiger partial charge in [0.05, 0.1) is 5.39 Å². The van der Waals surface area contributed by atoms with Crippen molar-refractivity contribution >= 4 is 38.7 Å². The highest BCUT2D eigenvalue weighted by Crippen LogP contribution is 2.40. The molecule has 0 saturated heterocycles. The van der Waals surface area contributed by atoms with Gasteiger partial charge in [-0.15, -0.1) is 11.3 Å². The Hall–Kier alpha value is -2.14. The van der Waals surface area contributed by atoms with Gasteiger partial charge < -0.3 is 10.2 Å². The quantitative estimate of drug-likeness (QED) is 0.695. The first-order chi connectivity index (χ1) is 12.2. The molecule has 0 fully saturated rings. The van der Waals surface area contributed by atoms with Crippen LogP contribution in [0.2, 0.25) is 0 Å². The smallest absolute Gasteiger partial charge is 0.142 e. The highest BCUT2D eigenvalue weighted by molar-refractivity contribution is 7.19. The number of benzene rings is 1. The molecule has 0 saturated carbocycles. The maximum Gasteiger partial charge on any atom is 0.142 e. The lowest BCUT2D eigenvalue weighted by molar-refractivity contribution is 0.866. The van der Waals surface area contributed by atoms with Crippen molar-refractivity contribution in [1.29, 1.82) is 0 Å². The van der Waals surface area contributed by atoms with E-state index in [-0.39, 0.29) is 0 Å². The lowest BCUT2D eigenvalue weighted by Crippen LogP contribution is -2.21. The maximum absolute atomic E-state index is 4.56. The molecule has 0 bridgehead atoms. The van der Waals surface area contributed by atoms with Crippen molar-refractivity contribution in [3.8, 4) is 0 Å². The molecular formula is C20H24N4S. The van der Waals surface area contributed by atoms with Crippen LogP contribution >= 0.6 is 11.3 Å². The Morgan fingerprint density at radius 1 is 1.16 bits per heavy atom. The highest BCUT2D eigenvalue weighted by Gasteiger charge is 2.21. The van der Waals surface area contributed by atoms with Crippen LogP contribution in [0.25, 0.3) is 10.2 Å². The summed E-state index contributed by atoms with van der Waals surface area (Å²) in [5, 5.41) is 4.80. The van der Waals surface area contributed by atoms with Crippen molar-refractivity contribution in [3.05, 3.63) is 40.5 Å². The van der Waals surface area contributed by atoms with E-state index in [4.69, 9.17) is 0 Å². The summed E-state index contributed by atoms with van der Waals surface area (Å²) in [6, 6.07) is 6.62. The van der Waals surface area contributed by atoms with Gasteiger partial charge in [0.15, 0.2) is 0 Å². The molecule has 1 aliphatic carbocycles. The van der Waals surface area contributed by atoms with Crippen molar-refractivity contribution in [2.75, 3.05) is 23.3 Å². The maximum atomic E-state index is 4.56. The number of hydrogen-bond donors (Lipinski definition) is 1. The monoisotopic (exact) mass is 352 g/mol. The van der Waals surface area contributed by atoms with Crippen LogP contribution in [0.1, 0.15) is 36.3 Å². The molecule has 4 rings (SSSR count). The van der Waals surface area contributed by atoms with Gasteiger partial charge in [0.25, 0.3) is 0 Å². The molecule has 0 spiro atoms. The predicted molar refractivity (Wildman–Crippen MR) is 107 cm³/mol. The Bertz CT molecular complexity index is 911. The van der Waals surface area contributed by atoms with Crippen LogP contribution in [-0.4, -0.2) is 23.1 Å². The van der Waals surface area contributed by atoms with Crippen molar-refractivity contribution < 1.29 is 0 Å². The number of anilines is 3. The summed E-state index contributed by atoms with van der Waals surface area (Å²) >= 11 is 1.83. The van der Waals surface area contributed by atoms with Gasteiger partial charge in [0.2, 0.25) is 0 Å². The Morgan fingerprint density at radius 2 is 2.00 bits per heavy atom. The van der Waals surface area contributed by atoms with Gasteiger partial charge >= 0.3 is 0 Å². The fraction of sp³-hybridized carbons (Fsp3) is 0.400. The zero-order chi connectivity index (χ0) is 17.4. The molecular weight excluding hydrogens is 328 g/mol. The molecule has 0 unspecified atom stereocenters. The normalized spacial score (nSPS) is 13.2. The lowest BCUT2D eigenvalue weighted by Gasteiger charge is -2.22. The van der Waals surface area contributed by atoms with Gasteiger partial charge in [0, 0.05) is 29.3 Å². The molecule has 0 amide bonds. The Kier molecular flexibility index (Phi) is 4.34. The second-order valence-electron chi connectivity index (χ2n) is 6.56. The molecule has 4 nitrogen and oxygen atoms in total. The lowest BCUT2D eigenvalue weighted by atomic mass is 10.1. The van der Waals surface area contributed by atoms with Gasteiger partial charge in [-0.25, -0.2) is 9.97 Å². The van der Waals surface area contributed by atoms with Crippen molar-refractivity contribution in [2.24, 2.45) is 0 Å². The molecule has 5 heteroatoms. The standard InChI is InChI=1S/C20H24N4S/c1-4-24(5-2)14-9-10-16(13(3)11-14)23-19-18-15-7-6-8-17(15)25-20(18)22-12-21-19/h9-12H,4-8H2,1-3H3,(H,21,22,23). The van der Waals surface area contributed by atoms with Gasteiger partial charge in [-0.3, -0.25) is 0 Å². The number of rotatable bonds is 5. The second-order valence-corrected chi connectivity index (χ2v) is 7.64. The third-order valence-corrected chi connectivity index (χ3v) is 6.29. The highest BCUT2D eigenvalue weighted by atomic mass is 32.1. The van der Waals surface area contributed by atoms with E-state index >= 15 is 0 Å². The summed E-state index contributed by atoms with van der Waals surface area (Å²) in [5.74, 6) is 0.947. The van der Waals surface area contributed by atoms with Crippen molar-refractivity contribution in [2.45, 2.75) is 40.0 Å². The van der Waals surface area contributed by atoms with E-state index in [1.165, 1.54) is 39.9 Å². The molecule has 25 heavy (non-hydrogen) atoms. The van der Waals surface area contributed by atoms with Gasteiger partial charge in [0.1, 0.15) is 17.0 Å². The van der Waals surface area contributed by atoms with Crippen LogP contribution < -0.4 is 10.2 Å². The zero-order valence-electron chi connectivity index (χ0n) is 15.1. The average Bonchev–Trinajstić information content (AvgIpc) is 3.19. The molecule has 1 aliphatic rings. The summed E-state index contributed by atoms with van der Waals surface area (Å²) in [5.41, 5.74) is 5.09. The van der Waals surface area contributed by atoms with Crippen molar-refractivity contribution in [3.63, 3.8) is 0 Å². The van der Waals surface area contributed by atoms with Crippen LogP contribution in [0.4, 0.5) is 17.2 Å². The number of thiophene rings is 1. The molecule has 1 aromatic carbocycles. The Morgan fingerprint density at radius 3 is 2.76 bits per heavy atom. The number of nitrogens with one attached hydrogen (secondary N) is 1. The molecule has 2 heterocycles. The predicted octanol–water partition coefficient (Wildman–Crippen LogP) is 5.08. The van der Waals surface area contributed by atoms with Crippen molar-refractivity contribution in [1.82, 2.24) is 9.97 Å². The van der Waals surface area contributed by atoms with E-state index in [1.807, 2.05) is 11.3 Å². The van der Waals surface area contributed by atoms with E-state index in [0.717, 1.165) is 35.8 Å². The van der Waals surface area contributed by atoms with E-state index in [9.17, 15) is 0 Å². The topological polar surface area (TPSA) is 41.0 Å². The van der Waals surface area contributed by atoms with E-state index in [0.29, 0.717) is 0 Å². The summed E-state index contributed by atoms with van der Waals surface area (Å²) in [4.78, 5) is 14.0. The first-order valence-electron chi connectivity index (χ1n) is 9.09. The van der Waals surface area contributed by atoms with Crippen LogP contribution in [0, 0.1) is 6.92 Å². The summed E-state index contributed by atoms with van der Waals surface area (Å²) < 4.78 is 0.